The number of thiocarbonyl (C=S) groups is 1. The Kier molecular flexibility index (Phi) is 5.92. The van der Waals surface area contributed by atoms with Crippen LogP contribution in [0.15, 0.2) is 34.5 Å². The van der Waals surface area contributed by atoms with E-state index in [0.717, 1.165) is 4.88 Å². The van der Waals surface area contributed by atoms with Crippen LogP contribution in [0.5, 0.6) is 0 Å². The number of nitrogens with zero attached hydrogens (tertiary/aromatic N) is 1. The van der Waals surface area contributed by atoms with Gasteiger partial charge in [0.05, 0.1) is 6.54 Å². The topological polar surface area (TPSA) is 61.4 Å². The molecule has 130 valence electrons. The Hall–Kier alpha value is -1.55. The molecule has 0 bridgehead atoms. The molecule has 0 spiro atoms. The van der Waals surface area contributed by atoms with E-state index >= 15 is 0 Å². The van der Waals surface area contributed by atoms with Gasteiger partial charge in [0.1, 0.15) is 10.0 Å². The maximum absolute atomic E-state index is 13.5. The predicted octanol–water partition coefficient (Wildman–Crippen LogP) is 2.93. The van der Waals surface area contributed by atoms with Crippen LogP contribution >= 0.6 is 23.6 Å². The fraction of sp³-hybridized carbons (Fsp3) is 0.267. The monoisotopic (exact) mass is 387 g/mol. The average molecular weight is 388 g/mol. The third-order valence-electron chi connectivity index (χ3n) is 3.22. The van der Waals surface area contributed by atoms with Crippen LogP contribution in [0.4, 0.5) is 10.1 Å². The Labute approximate surface area is 150 Å². The van der Waals surface area contributed by atoms with Gasteiger partial charge in [0.25, 0.3) is 10.0 Å². The molecule has 0 unspecified atom stereocenters. The molecule has 2 aromatic rings. The molecule has 9 heteroatoms. The van der Waals surface area contributed by atoms with Gasteiger partial charge in [0, 0.05) is 24.7 Å². The minimum absolute atomic E-state index is 0.281. The van der Waals surface area contributed by atoms with Gasteiger partial charge in [-0.2, -0.15) is 0 Å². The van der Waals surface area contributed by atoms with Gasteiger partial charge < -0.3 is 10.6 Å². The van der Waals surface area contributed by atoms with Crippen molar-refractivity contribution in [3.8, 4) is 0 Å². The molecule has 0 saturated carbocycles. The largest absolute Gasteiger partial charge is 0.358 e. The lowest BCUT2D eigenvalue weighted by molar-refractivity contribution is 0.523. The molecular weight excluding hydrogens is 369 g/mol. The third kappa shape index (κ3) is 4.50. The summed E-state index contributed by atoms with van der Waals surface area (Å²) in [5, 5.41) is 6.21. The second-order valence-electron chi connectivity index (χ2n) is 5.28. The van der Waals surface area contributed by atoms with Crippen LogP contribution in [0.3, 0.4) is 0 Å². The Morgan fingerprint density at radius 2 is 2.00 bits per heavy atom. The van der Waals surface area contributed by atoms with Gasteiger partial charge in [-0.3, -0.25) is 0 Å². The van der Waals surface area contributed by atoms with Crippen molar-refractivity contribution in [2.45, 2.75) is 17.7 Å². The molecule has 1 aromatic carbocycles. The van der Waals surface area contributed by atoms with Crippen LogP contribution in [-0.2, 0) is 16.6 Å². The van der Waals surface area contributed by atoms with Crippen molar-refractivity contribution >= 4 is 44.4 Å². The van der Waals surface area contributed by atoms with Crippen molar-refractivity contribution in [1.82, 2.24) is 9.62 Å². The Bertz CT molecular complexity index is 847. The first kappa shape index (κ1) is 18.8. The van der Waals surface area contributed by atoms with Crippen molar-refractivity contribution in [3.05, 3.63) is 46.6 Å². The molecule has 0 aliphatic heterocycles. The Morgan fingerprint density at radius 3 is 2.62 bits per heavy atom. The van der Waals surface area contributed by atoms with Gasteiger partial charge in [0.15, 0.2) is 5.11 Å². The summed E-state index contributed by atoms with van der Waals surface area (Å²) < 4.78 is 39.0. The van der Waals surface area contributed by atoms with Gasteiger partial charge in [-0.05, 0) is 49.0 Å². The molecule has 0 atom stereocenters. The molecule has 0 radical (unpaired) electrons. The van der Waals surface area contributed by atoms with Gasteiger partial charge in [-0.15, -0.1) is 11.3 Å². The van der Waals surface area contributed by atoms with E-state index < -0.39 is 10.0 Å². The molecule has 2 N–H and O–H groups in total. The van der Waals surface area contributed by atoms with Crippen LogP contribution in [0.25, 0.3) is 0 Å². The van der Waals surface area contributed by atoms with Gasteiger partial charge in [-0.25, -0.2) is 17.1 Å². The summed E-state index contributed by atoms with van der Waals surface area (Å²) in [6.45, 7) is 2.07. The van der Waals surface area contributed by atoms with Crippen LogP contribution in [0.1, 0.15) is 10.4 Å². The van der Waals surface area contributed by atoms with Crippen LogP contribution in [0, 0.1) is 12.7 Å². The SMILES string of the molecule is Cc1ccc(NC(=S)NCc2ccc(S(=O)(=O)N(C)C)s2)cc1F. The first-order valence-electron chi connectivity index (χ1n) is 7.02. The van der Waals surface area contributed by atoms with Crippen molar-refractivity contribution in [3.63, 3.8) is 0 Å². The molecule has 0 aliphatic carbocycles. The molecule has 0 saturated heterocycles. The van der Waals surface area contributed by atoms with E-state index in [-0.39, 0.29) is 10.0 Å². The zero-order valence-electron chi connectivity index (χ0n) is 13.5. The van der Waals surface area contributed by atoms with Crippen molar-refractivity contribution in [2.24, 2.45) is 0 Å². The Morgan fingerprint density at radius 1 is 1.29 bits per heavy atom. The molecule has 2 rings (SSSR count). The molecular formula is C15H18FN3O2S3. The van der Waals surface area contributed by atoms with E-state index in [1.165, 1.54) is 35.8 Å². The molecule has 1 aromatic heterocycles. The van der Waals surface area contributed by atoms with Gasteiger partial charge in [0.2, 0.25) is 0 Å². The molecule has 1 heterocycles. The summed E-state index contributed by atoms with van der Waals surface area (Å²) in [6.07, 6.45) is 0. The number of thiophene rings is 1. The fourth-order valence-electron chi connectivity index (χ4n) is 1.79. The number of hydrogen-bond donors (Lipinski definition) is 2. The first-order chi connectivity index (χ1) is 11.2. The highest BCUT2D eigenvalue weighted by atomic mass is 32.2. The van der Waals surface area contributed by atoms with E-state index in [9.17, 15) is 12.8 Å². The van der Waals surface area contributed by atoms with E-state index in [2.05, 4.69) is 10.6 Å². The highest BCUT2D eigenvalue weighted by Gasteiger charge is 2.19. The van der Waals surface area contributed by atoms with Gasteiger partial charge in [-0.1, -0.05) is 6.07 Å². The van der Waals surface area contributed by atoms with Gasteiger partial charge >= 0.3 is 0 Å². The van der Waals surface area contributed by atoms with Crippen molar-refractivity contribution in [2.75, 3.05) is 19.4 Å². The zero-order valence-corrected chi connectivity index (χ0v) is 15.9. The standard InChI is InChI=1S/C15H18FN3O2S3/c1-10-4-5-11(8-13(10)16)18-15(22)17-9-12-6-7-14(23-12)24(20,21)19(2)3/h4-8H,9H2,1-3H3,(H2,17,18,22). The lowest BCUT2D eigenvalue weighted by atomic mass is 10.2. The van der Waals surface area contributed by atoms with Crippen LogP contribution in [0.2, 0.25) is 0 Å². The molecule has 0 fully saturated rings. The highest BCUT2D eigenvalue weighted by molar-refractivity contribution is 7.91. The average Bonchev–Trinajstić information content (AvgIpc) is 2.98. The summed E-state index contributed by atoms with van der Waals surface area (Å²) in [5.74, 6) is -0.306. The lowest BCUT2D eigenvalue weighted by Crippen LogP contribution is -2.27. The minimum atomic E-state index is -3.42. The fourth-order valence-corrected chi connectivity index (χ4v) is 4.44. The van der Waals surface area contributed by atoms with E-state index in [1.807, 2.05) is 0 Å². The number of hydrogen-bond acceptors (Lipinski definition) is 4. The van der Waals surface area contributed by atoms with E-state index in [4.69, 9.17) is 12.2 Å². The summed E-state index contributed by atoms with van der Waals surface area (Å²) in [6, 6.07) is 8.08. The number of anilines is 1. The third-order valence-corrected chi connectivity index (χ3v) is 6.84. The van der Waals surface area contributed by atoms with Crippen LogP contribution in [-0.4, -0.2) is 31.9 Å². The van der Waals surface area contributed by atoms with Crippen molar-refractivity contribution in [1.29, 1.82) is 0 Å². The smallest absolute Gasteiger partial charge is 0.252 e. The lowest BCUT2D eigenvalue weighted by Gasteiger charge is -2.10. The van der Waals surface area contributed by atoms with Crippen LogP contribution < -0.4 is 10.6 Å². The number of nitrogens with one attached hydrogen (secondary N) is 2. The Balaban J connectivity index is 1.95. The molecule has 5 nitrogen and oxygen atoms in total. The zero-order chi connectivity index (χ0) is 17.9. The molecule has 0 aliphatic rings. The summed E-state index contributed by atoms with van der Waals surface area (Å²) in [5.41, 5.74) is 1.12. The minimum Gasteiger partial charge on any atom is -0.358 e. The summed E-state index contributed by atoms with van der Waals surface area (Å²) >= 11 is 6.35. The van der Waals surface area contributed by atoms with E-state index in [1.54, 1.807) is 31.2 Å². The maximum Gasteiger partial charge on any atom is 0.252 e. The maximum atomic E-state index is 13.5. The molecule has 24 heavy (non-hydrogen) atoms. The van der Waals surface area contributed by atoms with Crippen molar-refractivity contribution < 1.29 is 12.8 Å². The summed E-state index contributed by atoms with van der Waals surface area (Å²) in [7, 11) is -0.433. The number of halogens is 1. The number of aryl methyl sites for hydroxylation is 1. The normalized spacial score (nSPS) is 11.5. The number of benzene rings is 1. The first-order valence-corrected chi connectivity index (χ1v) is 9.69. The number of rotatable bonds is 5. The second-order valence-corrected chi connectivity index (χ2v) is 9.24. The summed E-state index contributed by atoms with van der Waals surface area (Å²) in [4.78, 5) is 0.828. The quantitative estimate of drug-likeness (QED) is 0.773. The molecule has 0 amide bonds. The van der Waals surface area contributed by atoms with E-state index in [0.29, 0.717) is 22.9 Å². The highest BCUT2D eigenvalue weighted by Crippen LogP contribution is 2.23. The second kappa shape index (κ2) is 7.56. The predicted molar refractivity (Wildman–Crippen MR) is 99.4 cm³/mol. The number of sulfonamides is 1.